The third-order valence-electron chi connectivity index (χ3n) is 4.78. The van der Waals surface area contributed by atoms with Crippen LogP contribution in [0.25, 0.3) is 0 Å². The number of anilines is 1. The van der Waals surface area contributed by atoms with Crippen molar-refractivity contribution in [3.63, 3.8) is 0 Å². The molecule has 100 valence electrons. The van der Waals surface area contributed by atoms with Crippen LogP contribution in [0.2, 0.25) is 0 Å². The first-order valence-corrected chi connectivity index (χ1v) is 7.37. The molecule has 0 N–H and O–H groups in total. The van der Waals surface area contributed by atoms with Gasteiger partial charge >= 0.3 is 0 Å². The van der Waals surface area contributed by atoms with E-state index in [9.17, 15) is 5.26 Å². The van der Waals surface area contributed by atoms with Crippen molar-refractivity contribution in [1.29, 1.82) is 5.26 Å². The van der Waals surface area contributed by atoms with Crippen molar-refractivity contribution in [2.75, 3.05) is 18.0 Å². The molecule has 0 amide bonds. The average molecular weight is 255 g/mol. The van der Waals surface area contributed by atoms with Crippen molar-refractivity contribution < 1.29 is 0 Å². The van der Waals surface area contributed by atoms with Crippen molar-refractivity contribution in [2.24, 2.45) is 11.8 Å². The zero-order valence-corrected chi connectivity index (χ0v) is 11.8. The monoisotopic (exact) mass is 255 g/mol. The van der Waals surface area contributed by atoms with E-state index in [-0.39, 0.29) is 0 Å². The lowest BCUT2D eigenvalue weighted by Crippen LogP contribution is -2.39. The molecule has 0 spiro atoms. The van der Waals surface area contributed by atoms with Gasteiger partial charge < -0.3 is 4.90 Å². The van der Waals surface area contributed by atoms with Gasteiger partial charge in [0.25, 0.3) is 0 Å². The van der Waals surface area contributed by atoms with Crippen LogP contribution in [-0.2, 0) is 12.8 Å². The standard InChI is InChI=1S/C16H21N3/c1-11-6-7-19(10-12(11)2)16-14(9-17)8-13-4-3-5-15(13)18-16/h8,11-12H,3-7,10H2,1-2H3. The van der Waals surface area contributed by atoms with E-state index in [0.717, 1.165) is 43.2 Å². The number of nitrogens with zero attached hydrogens (tertiary/aromatic N) is 3. The molecule has 0 radical (unpaired) electrons. The Balaban J connectivity index is 1.94. The largest absolute Gasteiger partial charge is 0.355 e. The first-order chi connectivity index (χ1) is 9.19. The molecule has 0 bridgehead atoms. The number of pyridine rings is 1. The van der Waals surface area contributed by atoms with Crippen LogP contribution in [0.15, 0.2) is 6.07 Å². The van der Waals surface area contributed by atoms with Crippen molar-refractivity contribution >= 4 is 5.82 Å². The van der Waals surface area contributed by atoms with Crippen LogP contribution in [0.4, 0.5) is 5.82 Å². The minimum absolute atomic E-state index is 0.676. The number of hydrogen-bond acceptors (Lipinski definition) is 3. The molecule has 0 aromatic carbocycles. The van der Waals surface area contributed by atoms with Gasteiger partial charge in [0.15, 0.2) is 0 Å². The third kappa shape index (κ3) is 2.20. The normalized spacial score (nSPS) is 26.1. The van der Waals surface area contributed by atoms with Crippen LogP contribution in [0.5, 0.6) is 0 Å². The lowest BCUT2D eigenvalue weighted by molar-refractivity contribution is 0.322. The lowest BCUT2D eigenvalue weighted by atomic mass is 9.88. The van der Waals surface area contributed by atoms with Crippen LogP contribution in [0, 0.1) is 23.2 Å². The number of nitriles is 1. The molecular weight excluding hydrogens is 234 g/mol. The Labute approximate surface area is 115 Å². The van der Waals surface area contributed by atoms with Gasteiger partial charge in [-0.15, -0.1) is 0 Å². The van der Waals surface area contributed by atoms with Gasteiger partial charge in [0.2, 0.25) is 0 Å². The Bertz CT molecular complexity index is 530. The second-order valence-corrected chi connectivity index (χ2v) is 6.12. The molecule has 1 aliphatic carbocycles. The van der Waals surface area contributed by atoms with Crippen LogP contribution in [0.1, 0.15) is 43.5 Å². The fourth-order valence-corrected chi connectivity index (χ4v) is 3.24. The van der Waals surface area contributed by atoms with Gasteiger partial charge in [-0.05, 0) is 49.1 Å². The second-order valence-electron chi connectivity index (χ2n) is 6.12. The number of aromatic nitrogens is 1. The predicted octanol–water partition coefficient (Wildman–Crippen LogP) is 2.92. The minimum atomic E-state index is 0.676. The lowest BCUT2D eigenvalue weighted by Gasteiger charge is -2.36. The summed E-state index contributed by atoms with van der Waals surface area (Å²) in [6.07, 6.45) is 4.55. The molecular formula is C16H21N3. The Morgan fingerprint density at radius 2 is 2.16 bits per heavy atom. The van der Waals surface area contributed by atoms with E-state index >= 15 is 0 Å². The van der Waals surface area contributed by atoms with Crippen LogP contribution in [0.3, 0.4) is 0 Å². The maximum absolute atomic E-state index is 9.38. The summed E-state index contributed by atoms with van der Waals surface area (Å²) in [5.41, 5.74) is 3.28. The van der Waals surface area contributed by atoms with Crippen LogP contribution >= 0.6 is 0 Å². The topological polar surface area (TPSA) is 39.9 Å². The molecule has 3 rings (SSSR count). The van der Waals surface area contributed by atoms with Gasteiger partial charge in [-0.2, -0.15) is 5.26 Å². The van der Waals surface area contributed by atoms with E-state index in [1.807, 2.05) is 0 Å². The van der Waals surface area contributed by atoms with E-state index in [1.165, 1.54) is 24.1 Å². The summed E-state index contributed by atoms with van der Waals surface area (Å²) in [5, 5.41) is 9.38. The van der Waals surface area contributed by atoms with Gasteiger partial charge in [0, 0.05) is 18.8 Å². The maximum Gasteiger partial charge on any atom is 0.146 e. The highest BCUT2D eigenvalue weighted by Gasteiger charge is 2.26. The van der Waals surface area contributed by atoms with E-state index in [4.69, 9.17) is 4.98 Å². The van der Waals surface area contributed by atoms with Crippen molar-refractivity contribution in [2.45, 2.75) is 39.5 Å². The minimum Gasteiger partial charge on any atom is -0.355 e. The molecule has 3 heteroatoms. The number of hydrogen-bond donors (Lipinski definition) is 0. The second kappa shape index (κ2) is 4.85. The molecule has 3 nitrogen and oxygen atoms in total. The molecule has 2 atom stereocenters. The zero-order valence-electron chi connectivity index (χ0n) is 11.8. The van der Waals surface area contributed by atoms with Gasteiger partial charge in [-0.1, -0.05) is 13.8 Å². The summed E-state index contributed by atoms with van der Waals surface area (Å²) in [4.78, 5) is 7.13. The van der Waals surface area contributed by atoms with Crippen molar-refractivity contribution in [3.8, 4) is 6.07 Å². The summed E-state index contributed by atoms with van der Waals surface area (Å²) in [7, 11) is 0. The Hall–Kier alpha value is -1.56. The summed E-state index contributed by atoms with van der Waals surface area (Å²) in [6.45, 7) is 6.69. The SMILES string of the molecule is CC1CCN(c2nc3c(cc2C#N)CCC3)CC1C. The quantitative estimate of drug-likeness (QED) is 0.774. The molecule has 2 aliphatic rings. The highest BCUT2D eigenvalue weighted by molar-refractivity contribution is 5.57. The number of fused-ring (bicyclic) bond motifs is 1. The van der Waals surface area contributed by atoms with Gasteiger partial charge in [0.05, 0.1) is 5.56 Å². The molecule has 2 unspecified atom stereocenters. The summed E-state index contributed by atoms with van der Waals surface area (Å²) in [6, 6.07) is 4.42. The molecule has 1 saturated heterocycles. The van der Waals surface area contributed by atoms with Crippen LogP contribution < -0.4 is 4.90 Å². The number of aryl methyl sites for hydroxylation is 2. The fraction of sp³-hybridized carbons (Fsp3) is 0.625. The first-order valence-electron chi connectivity index (χ1n) is 7.37. The third-order valence-corrected chi connectivity index (χ3v) is 4.78. The highest BCUT2D eigenvalue weighted by Crippen LogP contribution is 2.31. The van der Waals surface area contributed by atoms with E-state index in [0.29, 0.717) is 5.92 Å². The van der Waals surface area contributed by atoms with Gasteiger partial charge in [0.1, 0.15) is 11.9 Å². The fourth-order valence-electron chi connectivity index (χ4n) is 3.24. The maximum atomic E-state index is 9.38. The Morgan fingerprint density at radius 1 is 1.32 bits per heavy atom. The summed E-state index contributed by atoms with van der Waals surface area (Å²) < 4.78 is 0. The molecule has 1 aliphatic heterocycles. The molecule has 1 fully saturated rings. The van der Waals surface area contributed by atoms with Gasteiger partial charge in [-0.3, -0.25) is 0 Å². The summed E-state index contributed by atoms with van der Waals surface area (Å²) in [5.74, 6) is 2.38. The Morgan fingerprint density at radius 3 is 2.89 bits per heavy atom. The molecule has 19 heavy (non-hydrogen) atoms. The molecule has 0 saturated carbocycles. The van der Waals surface area contributed by atoms with E-state index < -0.39 is 0 Å². The Kier molecular flexibility index (Phi) is 3.18. The predicted molar refractivity (Wildman–Crippen MR) is 76.1 cm³/mol. The van der Waals surface area contributed by atoms with Crippen molar-refractivity contribution in [3.05, 3.63) is 22.9 Å². The average Bonchev–Trinajstić information content (AvgIpc) is 2.87. The molecule has 2 heterocycles. The first kappa shape index (κ1) is 12.5. The van der Waals surface area contributed by atoms with Crippen LogP contribution in [-0.4, -0.2) is 18.1 Å². The number of piperidine rings is 1. The van der Waals surface area contributed by atoms with E-state index in [2.05, 4.69) is 30.9 Å². The van der Waals surface area contributed by atoms with E-state index in [1.54, 1.807) is 0 Å². The van der Waals surface area contributed by atoms with Crippen molar-refractivity contribution in [1.82, 2.24) is 4.98 Å². The summed E-state index contributed by atoms with van der Waals surface area (Å²) >= 11 is 0. The molecule has 1 aromatic heterocycles. The zero-order chi connectivity index (χ0) is 13.4. The smallest absolute Gasteiger partial charge is 0.146 e. The number of rotatable bonds is 1. The highest BCUT2D eigenvalue weighted by atomic mass is 15.2. The van der Waals surface area contributed by atoms with Gasteiger partial charge in [-0.25, -0.2) is 4.98 Å². The molecule has 1 aromatic rings.